The van der Waals surface area contributed by atoms with E-state index in [1.165, 1.54) is 25.7 Å². The fraction of sp³-hybridized carbons (Fsp3) is 0.667. The Labute approximate surface area is 114 Å². The highest BCUT2D eigenvalue weighted by molar-refractivity contribution is 5.93. The van der Waals surface area contributed by atoms with E-state index in [1.807, 2.05) is 23.6 Å². The Morgan fingerprint density at radius 3 is 2.79 bits per heavy atom. The third-order valence-corrected chi connectivity index (χ3v) is 4.98. The van der Waals surface area contributed by atoms with E-state index in [0.29, 0.717) is 17.3 Å². The lowest BCUT2D eigenvalue weighted by atomic mass is 9.88. The Bertz CT molecular complexity index is 494. The molecule has 3 unspecified atom stereocenters. The predicted octanol–water partition coefficient (Wildman–Crippen LogP) is 2.12. The van der Waals surface area contributed by atoms with Crippen molar-refractivity contribution in [2.45, 2.75) is 25.7 Å². The Kier molecular flexibility index (Phi) is 3.03. The van der Waals surface area contributed by atoms with E-state index in [1.54, 1.807) is 12.3 Å². The number of nitrogens with zero attached hydrogens (tertiary/aromatic N) is 2. The van der Waals surface area contributed by atoms with Crippen molar-refractivity contribution in [1.82, 2.24) is 9.47 Å². The zero-order valence-corrected chi connectivity index (χ0v) is 11.8. The van der Waals surface area contributed by atoms with Gasteiger partial charge in [0, 0.05) is 26.8 Å². The van der Waals surface area contributed by atoms with Gasteiger partial charge in [0.25, 0.3) is 5.91 Å². The first-order valence-corrected chi connectivity index (χ1v) is 7.22. The highest BCUT2D eigenvalue weighted by atomic mass is 16.2. The molecule has 2 saturated carbocycles. The van der Waals surface area contributed by atoms with Crippen LogP contribution in [0.4, 0.5) is 5.69 Å². The average Bonchev–Trinajstić information content (AvgIpc) is 3.03. The molecular formula is C15H23N3O. The van der Waals surface area contributed by atoms with Gasteiger partial charge in [-0.25, -0.2) is 0 Å². The molecule has 2 aliphatic rings. The van der Waals surface area contributed by atoms with Gasteiger partial charge >= 0.3 is 0 Å². The maximum absolute atomic E-state index is 12.4. The Morgan fingerprint density at radius 2 is 2.26 bits per heavy atom. The molecule has 0 aliphatic heterocycles. The topological polar surface area (TPSA) is 51.3 Å². The molecule has 2 N–H and O–H groups in total. The minimum absolute atomic E-state index is 0.0852. The Morgan fingerprint density at radius 1 is 1.47 bits per heavy atom. The maximum Gasteiger partial charge on any atom is 0.270 e. The SMILES string of the molecule is CN(CC1CC2CCC1C2)C(=O)c1cc(N)cn1C. The van der Waals surface area contributed by atoms with Crippen molar-refractivity contribution in [3.8, 4) is 0 Å². The summed E-state index contributed by atoms with van der Waals surface area (Å²) in [6.45, 7) is 0.894. The molecule has 0 aromatic carbocycles. The van der Waals surface area contributed by atoms with E-state index in [9.17, 15) is 4.79 Å². The van der Waals surface area contributed by atoms with Gasteiger partial charge < -0.3 is 15.2 Å². The van der Waals surface area contributed by atoms with Gasteiger partial charge in [0.1, 0.15) is 5.69 Å². The first kappa shape index (κ1) is 12.6. The van der Waals surface area contributed by atoms with Crippen LogP contribution in [0.15, 0.2) is 12.3 Å². The lowest BCUT2D eigenvalue weighted by molar-refractivity contribution is 0.0745. The van der Waals surface area contributed by atoms with Gasteiger partial charge in [-0.05, 0) is 43.1 Å². The van der Waals surface area contributed by atoms with Crippen molar-refractivity contribution >= 4 is 11.6 Å². The second-order valence-corrected chi connectivity index (χ2v) is 6.39. The zero-order chi connectivity index (χ0) is 13.6. The maximum atomic E-state index is 12.4. The average molecular weight is 261 g/mol. The largest absolute Gasteiger partial charge is 0.397 e. The van der Waals surface area contributed by atoms with Crippen molar-refractivity contribution in [1.29, 1.82) is 0 Å². The summed E-state index contributed by atoms with van der Waals surface area (Å²) in [4.78, 5) is 14.3. The molecule has 3 atom stereocenters. The summed E-state index contributed by atoms with van der Waals surface area (Å²) in [5.41, 5.74) is 7.07. The molecule has 1 aromatic rings. The van der Waals surface area contributed by atoms with Gasteiger partial charge in [0.15, 0.2) is 0 Å². The molecule has 4 heteroatoms. The lowest BCUT2D eigenvalue weighted by Crippen LogP contribution is -2.34. The van der Waals surface area contributed by atoms with E-state index in [-0.39, 0.29) is 5.91 Å². The second-order valence-electron chi connectivity index (χ2n) is 6.39. The third-order valence-electron chi connectivity index (χ3n) is 4.98. The molecule has 4 nitrogen and oxygen atoms in total. The monoisotopic (exact) mass is 261 g/mol. The van der Waals surface area contributed by atoms with E-state index in [2.05, 4.69) is 0 Å². The number of amides is 1. The van der Waals surface area contributed by atoms with Crippen molar-refractivity contribution < 1.29 is 4.79 Å². The smallest absolute Gasteiger partial charge is 0.270 e. The predicted molar refractivity (Wildman–Crippen MR) is 75.7 cm³/mol. The summed E-state index contributed by atoms with van der Waals surface area (Å²) in [5.74, 6) is 2.59. The zero-order valence-electron chi connectivity index (χ0n) is 11.8. The molecule has 19 heavy (non-hydrogen) atoms. The molecule has 2 fully saturated rings. The van der Waals surface area contributed by atoms with Crippen LogP contribution in [0.5, 0.6) is 0 Å². The van der Waals surface area contributed by atoms with Crippen LogP contribution in [0.3, 0.4) is 0 Å². The number of nitrogens with two attached hydrogens (primary N) is 1. The molecule has 1 heterocycles. The summed E-state index contributed by atoms with van der Waals surface area (Å²) in [6.07, 6.45) is 7.28. The van der Waals surface area contributed by atoms with Gasteiger partial charge in [0.2, 0.25) is 0 Å². The van der Waals surface area contributed by atoms with Crippen molar-refractivity contribution in [2.24, 2.45) is 24.8 Å². The number of rotatable bonds is 3. The van der Waals surface area contributed by atoms with E-state index in [0.717, 1.165) is 18.4 Å². The molecule has 3 rings (SSSR count). The van der Waals surface area contributed by atoms with Gasteiger partial charge in [-0.2, -0.15) is 0 Å². The van der Waals surface area contributed by atoms with Gasteiger partial charge in [0.05, 0.1) is 5.69 Å². The summed E-state index contributed by atoms with van der Waals surface area (Å²) < 4.78 is 1.81. The molecule has 1 amide bonds. The van der Waals surface area contributed by atoms with E-state index >= 15 is 0 Å². The van der Waals surface area contributed by atoms with Gasteiger partial charge in [-0.15, -0.1) is 0 Å². The molecular weight excluding hydrogens is 238 g/mol. The molecule has 0 radical (unpaired) electrons. The first-order chi connectivity index (χ1) is 9.04. The number of fused-ring (bicyclic) bond motifs is 2. The van der Waals surface area contributed by atoms with E-state index in [4.69, 9.17) is 5.73 Å². The fourth-order valence-corrected chi connectivity index (χ4v) is 4.03. The number of nitrogen functional groups attached to an aromatic ring is 1. The first-order valence-electron chi connectivity index (χ1n) is 7.22. The summed E-state index contributed by atoms with van der Waals surface area (Å²) in [6, 6.07) is 1.76. The minimum atomic E-state index is 0.0852. The number of aryl methyl sites for hydroxylation is 1. The van der Waals surface area contributed by atoms with Crippen molar-refractivity contribution in [2.75, 3.05) is 19.3 Å². The minimum Gasteiger partial charge on any atom is -0.397 e. The van der Waals surface area contributed by atoms with E-state index < -0.39 is 0 Å². The highest BCUT2D eigenvalue weighted by Gasteiger charge is 2.40. The highest BCUT2D eigenvalue weighted by Crippen LogP contribution is 2.48. The summed E-state index contributed by atoms with van der Waals surface area (Å²) in [5, 5.41) is 0. The summed E-state index contributed by atoms with van der Waals surface area (Å²) >= 11 is 0. The number of hydrogen-bond acceptors (Lipinski definition) is 2. The number of hydrogen-bond donors (Lipinski definition) is 1. The van der Waals surface area contributed by atoms with Crippen LogP contribution in [0, 0.1) is 17.8 Å². The van der Waals surface area contributed by atoms with Gasteiger partial charge in [-0.3, -0.25) is 4.79 Å². The molecule has 2 bridgehead atoms. The standard InChI is InChI=1S/C15H23N3O/c1-17-9-13(16)7-14(17)15(19)18(2)8-12-6-10-3-4-11(12)5-10/h7,9-12H,3-6,8,16H2,1-2H3. The number of carbonyl (C=O) groups excluding carboxylic acids is 1. The molecule has 0 saturated heterocycles. The van der Waals surface area contributed by atoms with Crippen LogP contribution < -0.4 is 5.73 Å². The Balaban J connectivity index is 1.65. The third kappa shape index (κ3) is 2.24. The van der Waals surface area contributed by atoms with Crippen LogP contribution in [-0.2, 0) is 7.05 Å². The van der Waals surface area contributed by atoms with Crippen molar-refractivity contribution in [3.63, 3.8) is 0 Å². The van der Waals surface area contributed by atoms with Crippen LogP contribution in [0.1, 0.15) is 36.2 Å². The molecule has 2 aliphatic carbocycles. The number of carbonyl (C=O) groups is 1. The van der Waals surface area contributed by atoms with Crippen LogP contribution in [0.25, 0.3) is 0 Å². The lowest BCUT2D eigenvalue weighted by Gasteiger charge is -2.27. The van der Waals surface area contributed by atoms with Crippen LogP contribution in [0.2, 0.25) is 0 Å². The van der Waals surface area contributed by atoms with Gasteiger partial charge in [-0.1, -0.05) is 6.42 Å². The molecule has 1 aromatic heterocycles. The fourth-order valence-electron chi connectivity index (χ4n) is 4.03. The molecule has 104 valence electrons. The number of anilines is 1. The van der Waals surface area contributed by atoms with Crippen LogP contribution in [-0.4, -0.2) is 29.0 Å². The molecule has 0 spiro atoms. The number of aromatic nitrogens is 1. The Hall–Kier alpha value is -1.45. The second kappa shape index (κ2) is 4.58. The van der Waals surface area contributed by atoms with Crippen molar-refractivity contribution in [3.05, 3.63) is 18.0 Å². The summed E-state index contributed by atoms with van der Waals surface area (Å²) in [7, 11) is 3.78. The normalized spacial score (nSPS) is 28.8. The van der Waals surface area contributed by atoms with Crippen LogP contribution >= 0.6 is 0 Å². The quantitative estimate of drug-likeness (QED) is 0.906.